The lowest BCUT2D eigenvalue weighted by atomic mass is 10.0. The van der Waals surface area contributed by atoms with Gasteiger partial charge in [0.05, 0.1) is 11.1 Å². The van der Waals surface area contributed by atoms with Gasteiger partial charge in [-0.15, -0.1) is 0 Å². The van der Waals surface area contributed by atoms with Gasteiger partial charge in [-0.1, -0.05) is 6.07 Å². The molecule has 0 unspecified atom stereocenters. The van der Waals surface area contributed by atoms with Crippen LogP contribution in [0.1, 0.15) is 32.6 Å². The van der Waals surface area contributed by atoms with Crippen molar-refractivity contribution in [1.29, 1.82) is 0 Å². The number of alkyl halides is 6. The summed E-state index contributed by atoms with van der Waals surface area (Å²) < 4.78 is 77.0. The molecule has 0 aliphatic heterocycles. The Morgan fingerprint density at radius 2 is 1.20 bits per heavy atom. The lowest BCUT2D eigenvalue weighted by molar-refractivity contribution is -0.143. The van der Waals surface area contributed by atoms with Crippen LogP contribution in [0.3, 0.4) is 0 Å². The van der Waals surface area contributed by atoms with E-state index in [1.165, 1.54) is 0 Å². The maximum atomic E-state index is 12.8. The predicted octanol–water partition coefficient (Wildman–Crippen LogP) is 5.59. The van der Waals surface area contributed by atoms with Crippen LogP contribution in [-0.4, -0.2) is 5.91 Å². The molecule has 25 heavy (non-hydrogen) atoms. The van der Waals surface area contributed by atoms with E-state index >= 15 is 0 Å². The SMILES string of the molecule is Cc1cc(C)cc(NC(=O)c2cc(C(F)(F)F)cc(C(F)(F)F)c2)c1. The minimum atomic E-state index is -5.00. The number of benzene rings is 2. The Kier molecular flexibility index (Phi) is 4.83. The molecule has 0 aliphatic rings. The number of carbonyl (C=O) groups is 1. The summed E-state index contributed by atoms with van der Waals surface area (Å²) >= 11 is 0. The molecule has 2 aromatic carbocycles. The van der Waals surface area contributed by atoms with Gasteiger partial charge in [-0.3, -0.25) is 4.79 Å². The van der Waals surface area contributed by atoms with E-state index in [4.69, 9.17) is 0 Å². The van der Waals surface area contributed by atoms with Crippen LogP contribution in [0.5, 0.6) is 0 Å². The third kappa shape index (κ3) is 4.74. The van der Waals surface area contributed by atoms with Gasteiger partial charge in [0, 0.05) is 11.3 Å². The number of rotatable bonds is 2. The topological polar surface area (TPSA) is 29.1 Å². The first kappa shape index (κ1) is 18.8. The van der Waals surface area contributed by atoms with Crippen LogP contribution in [0.15, 0.2) is 36.4 Å². The van der Waals surface area contributed by atoms with Crippen molar-refractivity contribution in [3.05, 3.63) is 64.2 Å². The number of aryl methyl sites for hydroxylation is 2. The van der Waals surface area contributed by atoms with Gasteiger partial charge in [-0.05, 0) is 55.3 Å². The first-order chi connectivity index (χ1) is 11.4. The molecule has 0 spiro atoms. The molecule has 0 heterocycles. The summed E-state index contributed by atoms with van der Waals surface area (Å²) in [5.41, 5.74) is -1.93. The Hall–Kier alpha value is -2.51. The number of carbonyl (C=O) groups excluding carboxylic acids is 1. The third-order valence-corrected chi connectivity index (χ3v) is 3.33. The highest BCUT2D eigenvalue weighted by Gasteiger charge is 2.37. The van der Waals surface area contributed by atoms with Crippen molar-refractivity contribution in [1.82, 2.24) is 0 Å². The van der Waals surface area contributed by atoms with Crippen LogP contribution in [0.4, 0.5) is 32.0 Å². The number of hydrogen-bond acceptors (Lipinski definition) is 1. The van der Waals surface area contributed by atoms with Gasteiger partial charge < -0.3 is 5.32 Å². The first-order valence-electron chi connectivity index (χ1n) is 7.05. The van der Waals surface area contributed by atoms with Crippen LogP contribution in [0.2, 0.25) is 0 Å². The fourth-order valence-corrected chi connectivity index (χ4v) is 2.34. The standard InChI is InChI=1S/C17H13F6NO/c1-9-3-10(2)5-14(4-9)24-15(25)11-6-12(16(18,19)20)8-13(7-11)17(21,22)23/h3-8H,1-2H3,(H,24,25). The van der Waals surface area contributed by atoms with Gasteiger partial charge in [0.25, 0.3) is 5.91 Å². The average Bonchev–Trinajstić information content (AvgIpc) is 2.43. The van der Waals surface area contributed by atoms with Gasteiger partial charge in [0.1, 0.15) is 0 Å². The maximum absolute atomic E-state index is 12.8. The number of amides is 1. The van der Waals surface area contributed by atoms with E-state index in [2.05, 4.69) is 5.32 Å². The Labute approximate surface area is 139 Å². The van der Waals surface area contributed by atoms with E-state index in [0.29, 0.717) is 12.1 Å². The lowest BCUT2D eigenvalue weighted by Crippen LogP contribution is -2.17. The molecule has 134 valence electrons. The largest absolute Gasteiger partial charge is 0.416 e. The van der Waals surface area contributed by atoms with Gasteiger partial charge >= 0.3 is 12.4 Å². The minimum Gasteiger partial charge on any atom is -0.322 e. The van der Waals surface area contributed by atoms with E-state index < -0.39 is 35.0 Å². The highest BCUT2D eigenvalue weighted by atomic mass is 19.4. The van der Waals surface area contributed by atoms with Gasteiger partial charge in [-0.2, -0.15) is 26.3 Å². The van der Waals surface area contributed by atoms with E-state index in [1.54, 1.807) is 26.0 Å². The second kappa shape index (κ2) is 6.42. The fourth-order valence-electron chi connectivity index (χ4n) is 2.34. The highest BCUT2D eigenvalue weighted by Crippen LogP contribution is 2.36. The van der Waals surface area contributed by atoms with Crippen molar-refractivity contribution in [3.63, 3.8) is 0 Å². The molecule has 2 nitrogen and oxygen atoms in total. The monoisotopic (exact) mass is 361 g/mol. The van der Waals surface area contributed by atoms with Crippen LogP contribution >= 0.6 is 0 Å². The van der Waals surface area contributed by atoms with Crippen molar-refractivity contribution in [3.8, 4) is 0 Å². The van der Waals surface area contributed by atoms with Gasteiger partial charge in [0.2, 0.25) is 0 Å². The molecule has 0 radical (unpaired) electrons. The van der Waals surface area contributed by atoms with Crippen molar-refractivity contribution < 1.29 is 31.1 Å². The van der Waals surface area contributed by atoms with E-state index in [-0.39, 0.29) is 11.8 Å². The highest BCUT2D eigenvalue weighted by molar-refractivity contribution is 6.04. The molecule has 2 rings (SSSR count). The second-order valence-electron chi connectivity index (χ2n) is 5.63. The maximum Gasteiger partial charge on any atom is 0.416 e. The van der Waals surface area contributed by atoms with Gasteiger partial charge in [0.15, 0.2) is 0 Å². The van der Waals surface area contributed by atoms with Gasteiger partial charge in [-0.25, -0.2) is 0 Å². The van der Waals surface area contributed by atoms with Crippen LogP contribution in [0, 0.1) is 13.8 Å². The Morgan fingerprint density at radius 1 is 0.760 bits per heavy atom. The normalized spacial score (nSPS) is 12.2. The summed E-state index contributed by atoms with van der Waals surface area (Å²) in [6.07, 6.45) is -10.0. The zero-order valence-corrected chi connectivity index (χ0v) is 13.1. The first-order valence-corrected chi connectivity index (χ1v) is 7.05. The van der Waals surface area contributed by atoms with Crippen LogP contribution in [-0.2, 0) is 12.4 Å². The summed E-state index contributed by atoms with van der Waals surface area (Å²) in [7, 11) is 0. The van der Waals surface area contributed by atoms with Crippen molar-refractivity contribution in [2.75, 3.05) is 5.32 Å². The summed E-state index contributed by atoms with van der Waals surface area (Å²) in [5, 5.41) is 2.32. The number of anilines is 1. The molecule has 2 aromatic rings. The molecule has 0 aliphatic carbocycles. The zero-order chi connectivity index (χ0) is 19.0. The third-order valence-electron chi connectivity index (χ3n) is 3.33. The quantitative estimate of drug-likeness (QED) is 0.694. The summed E-state index contributed by atoms with van der Waals surface area (Å²) in [4.78, 5) is 12.1. The lowest BCUT2D eigenvalue weighted by Gasteiger charge is -2.14. The predicted molar refractivity (Wildman–Crippen MR) is 80.3 cm³/mol. The van der Waals surface area contributed by atoms with Crippen molar-refractivity contribution in [2.45, 2.75) is 26.2 Å². The molecular formula is C17H13F6NO. The molecule has 1 amide bonds. The number of hydrogen-bond donors (Lipinski definition) is 1. The Morgan fingerprint density at radius 3 is 1.60 bits per heavy atom. The van der Waals surface area contributed by atoms with E-state index in [9.17, 15) is 31.1 Å². The molecule has 0 aromatic heterocycles. The van der Waals surface area contributed by atoms with Crippen molar-refractivity contribution in [2.24, 2.45) is 0 Å². The summed E-state index contributed by atoms with van der Waals surface area (Å²) in [6, 6.07) is 5.70. The Bertz CT molecular complexity index is 755. The Balaban J connectivity index is 2.44. The summed E-state index contributed by atoms with van der Waals surface area (Å²) in [5.74, 6) is -1.05. The smallest absolute Gasteiger partial charge is 0.322 e. The van der Waals surface area contributed by atoms with E-state index in [0.717, 1.165) is 11.1 Å². The molecular weight excluding hydrogens is 348 g/mol. The zero-order valence-electron chi connectivity index (χ0n) is 13.1. The molecule has 1 N–H and O–H groups in total. The molecule has 0 fully saturated rings. The van der Waals surface area contributed by atoms with Crippen molar-refractivity contribution >= 4 is 11.6 Å². The average molecular weight is 361 g/mol. The molecule has 0 saturated heterocycles. The minimum absolute atomic E-state index is 0.0202. The molecule has 0 saturated carbocycles. The molecule has 8 heteroatoms. The summed E-state index contributed by atoms with van der Waals surface area (Å²) in [6.45, 7) is 3.49. The number of halogens is 6. The van der Waals surface area contributed by atoms with Crippen LogP contribution in [0.25, 0.3) is 0 Å². The fraction of sp³-hybridized carbons (Fsp3) is 0.235. The second-order valence-corrected chi connectivity index (χ2v) is 5.63. The molecule has 0 bridgehead atoms. The van der Waals surface area contributed by atoms with Crippen LogP contribution < -0.4 is 5.32 Å². The molecule has 0 atom stereocenters. The number of nitrogens with one attached hydrogen (secondary N) is 1. The van der Waals surface area contributed by atoms with E-state index in [1.807, 2.05) is 6.07 Å².